The van der Waals surface area contributed by atoms with E-state index < -0.39 is 0 Å². The Morgan fingerprint density at radius 3 is 2.86 bits per heavy atom. The van der Waals surface area contributed by atoms with Crippen molar-refractivity contribution < 1.29 is 4.74 Å². The van der Waals surface area contributed by atoms with Gasteiger partial charge in [0.2, 0.25) is 0 Å². The van der Waals surface area contributed by atoms with Crippen LogP contribution >= 0.6 is 27.3 Å². The fourth-order valence-corrected chi connectivity index (χ4v) is 3.02. The molecule has 0 aromatic carbocycles. The van der Waals surface area contributed by atoms with E-state index in [1.54, 1.807) is 18.4 Å². The molecule has 1 heterocycles. The van der Waals surface area contributed by atoms with Crippen molar-refractivity contribution in [3.63, 3.8) is 0 Å². The number of ether oxygens (including phenoxy) is 1. The normalized spacial score (nSPS) is 13.1. The molecule has 1 unspecified atom stereocenters. The van der Waals surface area contributed by atoms with Gasteiger partial charge in [-0.15, -0.1) is 0 Å². The molecule has 0 saturated heterocycles. The molecular formula is C10H16BrNOS. The lowest BCUT2D eigenvalue weighted by Gasteiger charge is -2.16. The fraction of sp³-hybridized carbons (Fsp3) is 0.600. The van der Waals surface area contributed by atoms with E-state index >= 15 is 0 Å². The van der Waals surface area contributed by atoms with Crippen molar-refractivity contribution >= 4 is 27.3 Å². The second-order valence-corrected chi connectivity index (χ2v) is 4.66. The van der Waals surface area contributed by atoms with Crippen LogP contribution in [0.25, 0.3) is 0 Å². The van der Waals surface area contributed by atoms with Crippen LogP contribution in [0, 0.1) is 0 Å². The van der Waals surface area contributed by atoms with E-state index in [4.69, 9.17) is 4.74 Å². The van der Waals surface area contributed by atoms with E-state index in [1.165, 1.54) is 10.0 Å². The van der Waals surface area contributed by atoms with E-state index in [9.17, 15) is 0 Å². The van der Waals surface area contributed by atoms with Gasteiger partial charge in [0, 0.05) is 29.6 Å². The Morgan fingerprint density at radius 1 is 1.57 bits per heavy atom. The Balaban J connectivity index is 2.62. The molecule has 2 nitrogen and oxygen atoms in total. The highest BCUT2D eigenvalue weighted by Gasteiger charge is 2.13. The van der Waals surface area contributed by atoms with Gasteiger partial charge in [-0.2, -0.15) is 11.3 Å². The lowest BCUT2D eigenvalue weighted by atomic mass is 10.1. The fourth-order valence-electron chi connectivity index (χ4n) is 1.39. The summed E-state index contributed by atoms with van der Waals surface area (Å²) in [4.78, 5) is 0. The Kier molecular flexibility index (Phi) is 5.70. The van der Waals surface area contributed by atoms with Crippen LogP contribution in [0.3, 0.4) is 0 Å². The maximum absolute atomic E-state index is 5.10. The van der Waals surface area contributed by atoms with Crippen molar-refractivity contribution in [3.05, 3.63) is 20.8 Å². The smallest absolute Gasteiger partial charge is 0.0480 e. The summed E-state index contributed by atoms with van der Waals surface area (Å²) in [6.45, 7) is 3.90. The third kappa shape index (κ3) is 3.35. The first-order valence-corrected chi connectivity index (χ1v) is 6.47. The molecule has 1 N–H and O–H groups in total. The molecule has 0 aliphatic carbocycles. The predicted octanol–water partition coefficient (Wildman–Crippen LogP) is 3.20. The zero-order chi connectivity index (χ0) is 10.4. The number of halogens is 1. The number of hydrogen-bond donors (Lipinski definition) is 1. The van der Waals surface area contributed by atoms with E-state index in [0.29, 0.717) is 6.04 Å². The van der Waals surface area contributed by atoms with Crippen molar-refractivity contribution in [1.29, 1.82) is 0 Å². The number of nitrogens with one attached hydrogen (secondary N) is 1. The molecule has 1 atom stereocenters. The summed E-state index contributed by atoms with van der Waals surface area (Å²) in [6, 6.07) is 0.403. The minimum absolute atomic E-state index is 0.403. The molecule has 1 aromatic heterocycles. The molecule has 0 aliphatic heterocycles. The molecular weight excluding hydrogens is 262 g/mol. The van der Waals surface area contributed by atoms with Gasteiger partial charge < -0.3 is 10.1 Å². The molecule has 0 fully saturated rings. The van der Waals surface area contributed by atoms with Crippen molar-refractivity contribution in [2.75, 3.05) is 20.3 Å². The third-order valence-electron chi connectivity index (χ3n) is 2.08. The lowest BCUT2D eigenvalue weighted by molar-refractivity contribution is 0.183. The summed E-state index contributed by atoms with van der Waals surface area (Å²) in [7, 11) is 1.74. The van der Waals surface area contributed by atoms with E-state index in [2.05, 4.69) is 38.9 Å². The van der Waals surface area contributed by atoms with Crippen molar-refractivity contribution in [1.82, 2.24) is 5.32 Å². The Labute approximate surface area is 97.8 Å². The summed E-state index contributed by atoms with van der Waals surface area (Å²) in [5.74, 6) is 0. The van der Waals surface area contributed by atoms with Crippen molar-refractivity contribution in [2.45, 2.75) is 19.4 Å². The lowest BCUT2D eigenvalue weighted by Crippen LogP contribution is -2.22. The maximum Gasteiger partial charge on any atom is 0.0480 e. The predicted molar refractivity (Wildman–Crippen MR) is 64.9 cm³/mol. The standard InChI is InChI=1S/C10H16BrNOS/c1-3-12-10(4-5-13-2)8-6-14-7-9(8)11/h6-7,10,12H,3-5H2,1-2H3. The molecule has 4 heteroatoms. The molecule has 14 heavy (non-hydrogen) atoms. The molecule has 1 aromatic rings. The molecule has 0 bridgehead atoms. The first kappa shape index (κ1) is 12.2. The highest BCUT2D eigenvalue weighted by molar-refractivity contribution is 9.10. The van der Waals surface area contributed by atoms with Crippen LogP contribution in [-0.2, 0) is 4.74 Å². The average molecular weight is 278 g/mol. The number of thiophene rings is 1. The van der Waals surface area contributed by atoms with Crippen molar-refractivity contribution in [2.24, 2.45) is 0 Å². The number of hydrogen-bond acceptors (Lipinski definition) is 3. The minimum atomic E-state index is 0.403. The summed E-state index contributed by atoms with van der Waals surface area (Å²) < 4.78 is 6.30. The molecule has 0 aliphatic rings. The van der Waals surface area contributed by atoms with Gasteiger partial charge in [0.05, 0.1) is 0 Å². The van der Waals surface area contributed by atoms with Gasteiger partial charge in [-0.3, -0.25) is 0 Å². The first-order chi connectivity index (χ1) is 6.79. The summed E-state index contributed by atoms with van der Waals surface area (Å²) in [6.07, 6.45) is 1.01. The van der Waals surface area contributed by atoms with Crippen LogP contribution in [-0.4, -0.2) is 20.3 Å². The third-order valence-corrected chi connectivity index (χ3v) is 3.83. The van der Waals surface area contributed by atoms with Gasteiger partial charge in [0.15, 0.2) is 0 Å². The number of methoxy groups -OCH3 is 1. The van der Waals surface area contributed by atoms with Gasteiger partial charge in [0.1, 0.15) is 0 Å². The summed E-state index contributed by atoms with van der Waals surface area (Å²) in [5, 5.41) is 7.76. The van der Waals surface area contributed by atoms with E-state index in [0.717, 1.165) is 19.6 Å². The monoisotopic (exact) mass is 277 g/mol. The molecule has 0 amide bonds. The van der Waals surface area contributed by atoms with Gasteiger partial charge in [-0.05, 0) is 39.8 Å². The van der Waals surface area contributed by atoms with Crippen LogP contribution in [0.2, 0.25) is 0 Å². The Bertz CT molecular complexity index is 264. The van der Waals surface area contributed by atoms with Crippen LogP contribution in [0.15, 0.2) is 15.2 Å². The highest BCUT2D eigenvalue weighted by Crippen LogP contribution is 2.29. The van der Waals surface area contributed by atoms with Crippen LogP contribution in [0.5, 0.6) is 0 Å². The number of rotatable bonds is 6. The SMILES string of the molecule is CCNC(CCOC)c1cscc1Br. The zero-order valence-electron chi connectivity index (χ0n) is 8.55. The average Bonchev–Trinajstić information content (AvgIpc) is 2.59. The highest BCUT2D eigenvalue weighted by atomic mass is 79.9. The van der Waals surface area contributed by atoms with E-state index in [1.807, 2.05) is 0 Å². The second-order valence-electron chi connectivity index (χ2n) is 3.07. The van der Waals surface area contributed by atoms with Crippen molar-refractivity contribution in [3.8, 4) is 0 Å². The van der Waals surface area contributed by atoms with Gasteiger partial charge in [-0.1, -0.05) is 6.92 Å². The van der Waals surface area contributed by atoms with Crippen LogP contribution in [0.4, 0.5) is 0 Å². The zero-order valence-corrected chi connectivity index (χ0v) is 11.0. The molecule has 0 spiro atoms. The van der Waals surface area contributed by atoms with Crippen LogP contribution < -0.4 is 5.32 Å². The van der Waals surface area contributed by atoms with Gasteiger partial charge in [0.25, 0.3) is 0 Å². The molecule has 1 rings (SSSR count). The van der Waals surface area contributed by atoms with Gasteiger partial charge >= 0.3 is 0 Å². The summed E-state index contributed by atoms with van der Waals surface area (Å²) >= 11 is 5.28. The quantitative estimate of drug-likeness (QED) is 0.862. The largest absolute Gasteiger partial charge is 0.385 e. The molecule has 0 saturated carbocycles. The van der Waals surface area contributed by atoms with Gasteiger partial charge in [-0.25, -0.2) is 0 Å². The summed E-state index contributed by atoms with van der Waals surface area (Å²) in [5.41, 5.74) is 1.34. The topological polar surface area (TPSA) is 21.3 Å². The minimum Gasteiger partial charge on any atom is -0.385 e. The Hall–Kier alpha value is 0.100. The molecule has 80 valence electrons. The van der Waals surface area contributed by atoms with E-state index in [-0.39, 0.29) is 0 Å². The first-order valence-electron chi connectivity index (χ1n) is 4.73. The Morgan fingerprint density at radius 2 is 2.36 bits per heavy atom. The maximum atomic E-state index is 5.10. The molecule has 0 radical (unpaired) electrons. The second kappa shape index (κ2) is 6.56. The van der Waals surface area contributed by atoms with Crippen LogP contribution in [0.1, 0.15) is 24.9 Å².